The first-order valence-corrected chi connectivity index (χ1v) is 6.50. The zero-order valence-electron chi connectivity index (χ0n) is 12.1. The fourth-order valence-corrected chi connectivity index (χ4v) is 1.78. The lowest BCUT2D eigenvalue weighted by Gasteiger charge is -2.31. The van der Waals surface area contributed by atoms with Crippen LogP contribution in [0.15, 0.2) is 30.3 Å². The third-order valence-electron chi connectivity index (χ3n) is 2.72. The summed E-state index contributed by atoms with van der Waals surface area (Å²) in [5, 5.41) is 9.13. The van der Waals surface area contributed by atoms with Gasteiger partial charge in [0.1, 0.15) is 5.60 Å². The Morgan fingerprint density at radius 3 is 2.37 bits per heavy atom. The second kappa shape index (κ2) is 6.57. The van der Waals surface area contributed by atoms with Gasteiger partial charge in [0.05, 0.1) is 12.6 Å². The third kappa shape index (κ3) is 4.91. The van der Waals surface area contributed by atoms with E-state index in [0.717, 1.165) is 5.56 Å². The van der Waals surface area contributed by atoms with Crippen LogP contribution in [0.1, 0.15) is 39.3 Å². The number of ether oxygens (including phenoxy) is 1. The summed E-state index contributed by atoms with van der Waals surface area (Å²) >= 11 is 0. The summed E-state index contributed by atoms with van der Waals surface area (Å²) in [5.41, 5.74) is 0.475. The van der Waals surface area contributed by atoms with E-state index in [1.54, 1.807) is 4.90 Å². The van der Waals surface area contributed by atoms with Crippen LogP contribution < -0.4 is 0 Å². The highest BCUT2D eigenvalue weighted by molar-refractivity contribution is 5.68. The SMILES string of the molecule is C[C@H](c1ccccc1)N(CCO)C(=O)OC(C)(C)C. The summed E-state index contributed by atoms with van der Waals surface area (Å²) in [6.45, 7) is 7.58. The highest BCUT2D eigenvalue weighted by Gasteiger charge is 2.26. The standard InChI is InChI=1S/C15H23NO3/c1-12(13-8-6-5-7-9-13)16(10-11-17)14(18)19-15(2,3)4/h5-9,12,17H,10-11H2,1-4H3/t12-/m1/s1. The van der Waals surface area contributed by atoms with Crippen LogP contribution in [-0.4, -0.2) is 34.9 Å². The first-order chi connectivity index (χ1) is 8.85. The van der Waals surface area contributed by atoms with Crippen LogP contribution >= 0.6 is 0 Å². The number of aliphatic hydroxyl groups excluding tert-OH is 1. The van der Waals surface area contributed by atoms with Crippen molar-refractivity contribution in [3.8, 4) is 0 Å². The monoisotopic (exact) mass is 265 g/mol. The van der Waals surface area contributed by atoms with E-state index < -0.39 is 11.7 Å². The number of carbonyl (C=O) groups is 1. The number of amides is 1. The molecular formula is C15H23NO3. The molecule has 0 radical (unpaired) electrons. The van der Waals surface area contributed by atoms with Crippen molar-refractivity contribution >= 4 is 6.09 Å². The minimum Gasteiger partial charge on any atom is -0.444 e. The lowest BCUT2D eigenvalue weighted by molar-refractivity contribution is 0.0137. The van der Waals surface area contributed by atoms with E-state index in [2.05, 4.69) is 0 Å². The maximum absolute atomic E-state index is 12.2. The fourth-order valence-electron chi connectivity index (χ4n) is 1.78. The normalized spacial score (nSPS) is 12.9. The quantitative estimate of drug-likeness (QED) is 0.910. The molecule has 0 aliphatic rings. The van der Waals surface area contributed by atoms with Crippen molar-refractivity contribution in [1.82, 2.24) is 4.90 Å². The summed E-state index contributed by atoms with van der Waals surface area (Å²) in [7, 11) is 0. The molecule has 0 fully saturated rings. The maximum atomic E-state index is 12.2. The first kappa shape index (κ1) is 15.5. The van der Waals surface area contributed by atoms with Gasteiger partial charge in [-0.15, -0.1) is 0 Å². The smallest absolute Gasteiger partial charge is 0.410 e. The Kier molecular flexibility index (Phi) is 5.36. The Labute approximate surface area is 115 Å². The van der Waals surface area contributed by atoms with Crippen LogP contribution in [0.4, 0.5) is 4.79 Å². The van der Waals surface area contributed by atoms with Gasteiger partial charge in [0.25, 0.3) is 0 Å². The van der Waals surface area contributed by atoms with E-state index in [9.17, 15) is 4.79 Å². The van der Waals surface area contributed by atoms with E-state index >= 15 is 0 Å². The molecule has 0 bridgehead atoms. The fraction of sp³-hybridized carbons (Fsp3) is 0.533. The van der Waals surface area contributed by atoms with Gasteiger partial charge < -0.3 is 9.84 Å². The van der Waals surface area contributed by atoms with Crippen molar-refractivity contribution in [2.24, 2.45) is 0 Å². The average molecular weight is 265 g/mol. The number of hydrogen-bond donors (Lipinski definition) is 1. The van der Waals surface area contributed by atoms with Crippen LogP contribution in [0.25, 0.3) is 0 Å². The van der Waals surface area contributed by atoms with E-state index in [-0.39, 0.29) is 19.2 Å². The van der Waals surface area contributed by atoms with Crippen LogP contribution in [0, 0.1) is 0 Å². The molecule has 106 valence electrons. The van der Waals surface area contributed by atoms with Gasteiger partial charge in [0.2, 0.25) is 0 Å². The summed E-state index contributed by atoms with van der Waals surface area (Å²) in [4.78, 5) is 13.7. The number of benzene rings is 1. The molecule has 1 aromatic carbocycles. The highest BCUT2D eigenvalue weighted by Crippen LogP contribution is 2.22. The van der Waals surface area contributed by atoms with Crippen molar-refractivity contribution in [3.05, 3.63) is 35.9 Å². The summed E-state index contributed by atoms with van der Waals surface area (Å²) in [6, 6.07) is 9.57. The molecule has 0 aliphatic heterocycles. The molecule has 1 atom stereocenters. The average Bonchev–Trinajstić information content (AvgIpc) is 2.34. The molecule has 1 amide bonds. The van der Waals surface area contributed by atoms with E-state index in [1.165, 1.54) is 0 Å². The molecule has 19 heavy (non-hydrogen) atoms. The molecule has 0 saturated carbocycles. The Balaban J connectivity index is 2.85. The minimum atomic E-state index is -0.540. The molecule has 1 N–H and O–H groups in total. The van der Waals surface area contributed by atoms with Crippen molar-refractivity contribution in [3.63, 3.8) is 0 Å². The molecule has 4 heteroatoms. The number of hydrogen-bond acceptors (Lipinski definition) is 3. The first-order valence-electron chi connectivity index (χ1n) is 6.50. The molecule has 4 nitrogen and oxygen atoms in total. The van der Waals surface area contributed by atoms with Crippen molar-refractivity contribution in [1.29, 1.82) is 0 Å². The molecule has 0 aliphatic carbocycles. The molecule has 0 saturated heterocycles. The zero-order valence-corrected chi connectivity index (χ0v) is 12.1. The van der Waals surface area contributed by atoms with Gasteiger partial charge in [0.15, 0.2) is 0 Å². The Bertz CT molecular complexity index is 398. The highest BCUT2D eigenvalue weighted by atomic mass is 16.6. The number of aliphatic hydroxyl groups is 1. The van der Waals surface area contributed by atoms with Crippen molar-refractivity contribution in [2.45, 2.75) is 39.3 Å². The van der Waals surface area contributed by atoms with Crippen molar-refractivity contribution in [2.75, 3.05) is 13.2 Å². The Morgan fingerprint density at radius 1 is 1.32 bits per heavy atom. The third-order valence-corrected chi connectivity index (χ3v) is 2.72. The molecule has 1 rings (SSSR count). The van der Waals surface area contributed by atoms with Gasteiger partial charge in [0, 0.05) is 6.54 Å². The lowest BCUT2D eigenvalue weighted by Crippen LogP contribution is -2.40. The van der Waals surface area contributed by atoms with Crippen LogP contribution in [-0.2, 0) is 4.74 Å². The number of nitrogens with zero attached hydrogens (tertiary/aromatic N) is 1. The molecule has 0 heterocycles. The lowest BCUT2D eigenvalue weighted by atomic mass is 10.1. The largest absolute Gasteiger partial charge is 0.444 e. The summed E-state index contributed by atoms with van der Waals surface area (Å²) in [5.74, 6) is 0. The Morgan fingerprint density at radius 2 is 1.89 bits per heavy atom. The van der Waals surface area contributed by atoms with Gasteiger partial charge in [-0.3, -0.25) is 4.90 Å². The number of carbonyl (C=O) groups excluding carboxylic acids is 1. The number of rotatable bonds is 4. The molecule has 1 aromatic rings. The second-order valence-electron chi connectivity index (χ2n) is 5.48. The van der Waals surface area contributed by atoms with Gasteiger partial charge in [-0.2, -0.15) is 0 Å². The van der Waals surface area contributed by atoms with Gasteiger partial charge >= 0.3 is 6.09 Å². The van der Waals surface area contributed by atoms with E-state index in [0.29, 0.717) is 0 Å². The van der Waals surface area contributed by atoms with E-state index in [1.807, 2.05) is 58.0 Å². The van der Waals surface area contributed by atoms with Gasteiger partial charge in [-0.1, -0.05) is 30.3 Å². The second-order valence-corrected chi connectivity index (χ2v) is 5.48. The molecule has 0 unspecified atom stereocenters. The zero-order chi connectivity index (χ0) is 14.5. The predicted octanol–water partition coefficient (Wildman–Crippen LogP) is 2.98. The van der Waals surface area contributed by atoms with Crippen molar-refractivity contribution < 1.29 is 14.6 Å². The maximum Gasteiger partial charge on any atom is 0.410 e. The molecule has 0 spiro atoms. The molecular weight excluding hydrogens is 242 g/mol. The summed E-state index contributed by atoms with van der Waals surface area (Å²) in [6.07, 6.45) is -0.405. The van der Waals surface area contributed by atoms with E-state index in [4.69, 9.17) is 9.84 Å². The van der Waals surface area contributed by atoms with Crippen LogP contribution in [0.2, 0.25) is 0 Å². The predicted molar refractivity (Wildman–Crippen MR) is 74.9 cm³/mol. The van der Waals surface area contributed by atoms with Crippen LogP contribution in [0.3, 0.4) is 0 Å². The summed E-state index contributed by atoms with van der Waals surface area (Å²) < 4.78 is 5.37. The molecule has 0 aromatic heterocycles. The van der Waals surface area contributed by atoms with Gasteiger partial charge in [-0.25, -0.2) is 4.79 Å². The minimum absolute atomic E-state index is 0.0869. The Hall–Kier alpha value is -1.55. The van der Waals surface area contributed by atoms with Crippen LogP contribution in [0.5, 0.6) is 0 Å². The van der Waals surface area contributed by atoms with Gasteiger partial charge in [-0.05, 0) is 33.3 Å². The topological polar surface area (TPSA) is 49.8 Å².